The molecule has 0 aromatic carbocycles. The van der Waals surface area contributed by atoms with Crippen LogP contribution in [0.15, 0.2) is 19.6 Å². The van der Waals surface area contributed by atoms with Crippen LogP contribution in [0, 0.1) is 0 Å². The summed E-state index contributed by atoms with van der Waals surface area (Å²) in [6.07, 6.45) is 2.33. The minimum absolute atomic E-state index is 0.460. The van der Waals surface area contributed by atoms with Crippen LogP contribution < -0.4 is 5.32 Å². The number of hydrogen-bond acceptors (Lipinski definition) is 3. The Morgan fingerprint density at radius 2 is 2.33 bits per heavy atom. The lowest BCUT2D eigenvalue weighted by Crippen LogP contribution is -2.36. The van der Waals surface area contributed by atoms with E-state index in [2.05, 4.69) is 37.2 Å². The van der Waals surface area contributed by atoms with E-state index in [-0.39, 0.29) is 0 Å². The number of furan rings is 1. The Morgan fingerprint density at radius 1 is 1.47 bits per heavy atom. The zero-order chi connectivity index (χ0) is 10.7. The molecule has 0 aliphatic carbocycles. The lowest BCUT2D eigenvalue weighted by Gasteiger charge is -2.22. The van der Waals surface area contributed by atoms with Crippen molar-refractivity contribution >= 4 is 31.9 Å². The van der Waals surface area contributed by atoms with E-state index in [4.69, 9.17) is 9.15 Å². The molecule has 2 heterocycles. The second-order valence-electron chi connectivity index (χ2n) is 3.63. The summed E-state index contributed by atoms with van der Waals surface area (Å²) in [5, 5.41) is 3.42. The smallest absolute Gasteiger partial charge is 0.183 e. The van der Waals surface area contributed by atoms with Gasteiger partial charge in [-0.1, -0.05) is 0 Å². The lowest BCUT2D eigenvalue weighted by molar-refractivity contribution is 0.0693. The zero-order valence-electron chi connectivity index (χ0n) is 8.26. The van der Waals surface area contributed by atoms with Crippen molar-refractivity contribution in [2.45, 2.75) is 25.4 Å². The molecule has 1 atom stereocenters. The van der Waals surface area contributed by atoms with Gasteiger partial charge in [0, 0.05) is 12.6 Å². The molecule has 5 heteroatoms. The average molecular weight is 339 g/mol. The van der Waals surface area contributed by atoms with E-state index in [0.29, 0.717) is 6.04 Å². The van der Waals surface area contributed by atoms with Gasteiger partial charge >= 0.3 is 0 Å². The van der Waals surface area contributed by atoms with E-state index in [1.807, 2.05) is 6.07 Å². The van der Waals surface area contributed by atoms with Crippen molar-refractivity contribution in [2.24, 2.45) is 0 Å². The summed E-state index contributed by atoms with van der Waals surface area (Å²) in [5.74, 6) is 0.930. The summed E-state index contributed by atoms with van der Waals surface area (Å²) in [4.78, 5) is 0. The molecule has 0 spiro atoms. The van der Waals surface area contributed by atoms with Gasteiger partial charge in [0.15, 0.2) is 4.67 Å². The SMILES string of the molecule is Brc1cc(CNC2CCCOC2)oc1Br. The van der Waals surface area contributed by atoms with Gasteiger partial charge in [-0.2, -0.15) is 0 Å². The molecule has 1 fully saturated rings. The summed E-state index contributed by atoms with van der Waals surface area (Å²) >= 11 is 6.71. The van der Waals surface area contributed by atoms with Gasteiger partial charge in [0.25, 0.3) is 0 Å². The summed E-state index contributed by atoms with van der Waals surface area (Å²) in [6.45, 7) is 2.46. The molecular formula is C10H13Br2NO2. The van der Waals surface area contributed by atoms with Gasteiger partial charge in [-0.3, -0.25) is 0 Å². The fourth-order valence-corrected chi connectivity index (χ4v) is 2.28. The maximum atomic E-state index is 5.47. The molecule has 1 saturated heterocycles. The van der Waals surface area contributed by atoms with Crippen LogP contribution in [0.2, 0.25) is 0 Å². The molecule has 1 aliphatic heterocycles. The first-order valence-electron chi connectivity index (χ1n) is 5.00. The molecule has 15 heavy (non-hydrogen) atoms. The molecule has 0 bridgehead atoms. The molecule has 1 unspecified atom stereocenters. The van der Waals surface area contributed by atoms with Crippen LogP contribution in [0.3, 0.4) is 0 Å². The average Bonchev–Trinajstić information content (AvgIpc) is 2.57. The summed E-state index contributed by atoms with van der Waals surface area (Å²) in [5.41, 5.74) is 0. The maximum Gasteiger partial charge on any atom is 0.183 e. The van der Waals surface area contributed by atoms with E-state index in [1.54, 1.807) is 0 Å². The maximum absolute atomic E-state index is 5.47. The standard InChI is InChI=1S/C10H13Br2NO2/c11-9-4-8(15-10(9)12)5-13-7-2-1-3-14-6-7/h4,7,13H,1-3,5-6H2. The molecule has 1 aliphatic rings. The highest BCUT2D eigenvalue weighted by molar-refractivity contribution is 9.13. The number of nitrogens with one attached hydrogen (secondary N) is 1. The third-order valence-corrected chi connectivity index (χ3v) is 4.13. The van der Waals surface area contributed by atoms with Crippen molar-refractivity contribution in [3.8, 4) is 0 Å². The van der Waals surface area contributed by atoms with Gasteiger partial charge in [0.1, 0.15) is 5.76 Å². The first-order chi connectivity index (χ1) is 7.25. The van der Waals surface area contributed by atoms with E-state index < -0.39 is 0 Å². The number of ether oxygens (including phenoxy) is 1. The van der Waals surface area contributed by atoms with Crippen LogP contribution in [0.5, 0.6) is 0 Å². The van der Waals surface area contributed by atoms with Gasteiger partial charge in [0.2, 0.25) is 0 Å². The topological polar surface area (TPSA) is 34.4 Å². The van der Waals surface area contributed by atoms with Gasteiger partial charge in [-0.15, -0.1) is 0 Å². The number of rotatable bonds is 3. The predicted molar refractivity (Wildman–Crippen MR) is 64.8 cm³/mol. The highest BCUT2D eigenvalue weighted by Crippen LogP contribution is 2.26. The van der Waals surface area contributed by atoms with Gasteiger partial charge in [0.05, 0.1) is 17.6 Å². The van der Waals surface area contributed by atoms with Gasteiger partial charge in [-0.25, -0.2) is 0 Å². The lowest BCUT2D eigenvalue weighted by atomic mass is 10.1. The van der Waals surface area contributed by atoms with Crippen LogP contribution in [0.1, 0.15) is 18.6 Å². The van der Waals surface area contributed by atoms with Crippen molar-refractivity contribution in [3.63, 3.8) is 0 Å². The molecule has 0 amide bonds. The van der Waals surface area contributed by atoms with Gasteiger partial charge < -0.3 is 14.5 Å². The first kappa shape index (κ1) is 11.6. The fraction of sp³-hybridized carbons (Fsp3) is 0.600. The summed E-state index contributed by atoms with van der Waals surface area (Å²) in [7, 11) is 0. The van der Waals surface area contributed by atoms with E-state index in [9.17, 15) is 0 Å². The monoisotopic (exact) mass is 337 g/mol. The molecule has 3 nitrogen and oxygen atoms in total. The Morgan fingerprint density at radius 3 is 2.93 bits per heavy atom. The van der Waals surface area contributed by atoms with Crippen LogP contribution in [0.4, 0.5) is 0 Å². The molecule has 1 N–H and O–H groups in total. The Bertz CT molecular complexity index is 302. The number of halogens is 2. The van der Waals surface area contributed by atoms with Crippen molar-refractivity contribution < 1.29 is 9.15 Å². The number of hydrogen-bond donors (Lipinski definition) is 1. The van der Waals surface area contributed by atoms with Crippen LogP contribution in [-0.2, 0) is 11.3 Å². The normalized spacial score (nSPS) is 21.9. The minimum Gasteiger partial charge on any atom is -0.452 e. The Labute approximate surface area is 106 Å². The highest BCUT2D eigenvalue weighted by atomic mass is 79.9. The van der Waals surface area contributed by atoms with Crippen LogP contribution in [0.25, 0.3) is 0 Å². The van der Waals surface area contributed by atoms with E-state index in [1.165, 1.54) is 6.42 Å². The minimum atomic E-state index is 0.460. The Kier molecular flexibility index (Phi) is 4.25. The molecule has 1 aromatic heterocycles. The second-order valence-corrected chi connectivity index (χ2v) is 5.20. The molecule has 0 saturated carbocycles. The largest absolute Gasteiger partial charge is 0.452 e. The molecular weight excluding hydrogens is 326 g/mol. The quantitative estimate of drug-likeness (QED) is 0.919. The zero-order valence-corrected chi connectivity index (χ0v) is 11.4. The molecule has 1 aromatic rings. The molecule has 0 radical (unpaired) electrons. The highest BCUT2D eigenvalue weighted by Gasteiger charge is 2.14. The molecule has 2 rings (SSSR count). The first-order valence-corrected chi connectivity index (χ1v) is 6.59. The van der Waals surface area contributed by atoms with Crippen LogP contribution >= 0.6 is 31.9 Å². The molecule has 84 valence electrons. The van der Waals surface area contributed by atoms with Crippen molar-refractivity contribution in [1.82, 2.24) is 5.32 Å². The summed E-state index contributed by atoms with van der Waals surface area (Å²) in [6, 6.07) is 2.43. The van der Waals surface area contributed by atoms with Crippen LogP contribution in [-0.4, -0.2) is 19.3 Å². The van der Waals surface area contributed by atoms with Crippen molar-refractivity contribution in [1.29, 1.82) is 0 Å². The third kappa shape index (κ3) is 3.31. The van der Waals surface area contributed by atoms with Crippen molar-refractivity contribution in [2.75, 3.05) is 13.2 Å². The van der Waals surface area contributed by atoms with Crippen molar-refractivity contribution in [3.05, 3.63) is 21.0 Å². The van der Waals surface area contributed by atoms with E-state index >= 15 is 0 Å². The Hall–Kier alpha value is 0.160. The van der Waals surface area contributed by atoms with Gasteiger partial charge in [-0.05, 0) is 50.8 Å². The second kappa shape index (κ2) is 5.48. The fourth-order valence-electron chi connectivity index (χ4n) is 1.63. The third-order valence-electron chi connectivity index (χ3n) is 2.42. The predicted octanol–water partition coefficient (Wildman–Crippen LogP) is 3.07. The summed E-state index contributed by atoms with van der Waals surface area (Å²) < 4.78 is 12.6. The van der Waals surface area contributed by atoms with E-state index in [0.717, 1.165) is 41.1 Å². The Balaban J connectivity index is 1.81.